The lowest BCUT2D eigenvalue weighted by Gasteiger charge is -2.19. The van der Waals surface area contributed by atoms with E-state index < -0.39 is 17.8 Å². The van der Waals surface area contributed by atoms with Gasteiger partial charge >= 0.3 is 6.18 Å². The predicted octanol–water partition coefficient (Wildman–Crippen LogP) is 4.95. The Kier molecular flexibility index (Phi) is 5.32. The molecule has 1 aromatic carbocycles. The van der Waals surface area contributed by atoms with E-state index in [9.17, 15) is 13.2 Å². The smallest absolute Gasteiger partial charge is 0.416 e. The van der Waals surface area contributed by atoms with Gasteiger partial charge < -0.3 is 14.8 Å². The zero-order chi connectivity index (χ0) is 23.2. The highest BCUT2D eigenvalue weighted by atomic mass is 19.4. The Morgan fingerprint density at radius 2 is 2.06 bits per heavy atom. The molecule has 4 heterocycles. The van der Waals surface area contributed by atoms with Gasteiger partial charge in [0.15, 0.2) is 17.0 Å². The van der Waals surface area contributed by atoms with Crippen LogP contribution in [0.25, 0.3) is 16.7 Å². The molecule has 33 heavy (non-hydrogen) atoms. The highest BCUT2D eigenvalue weighted by Crippen LogP contribution is 2.34. The molecule has 0 spiro atoms. The van der Waals surface area contributed by atoms with E-state index in [-0.39, 0.29) is 6.10 Å². The summed E-state index contributed by atoms with van der Waals surface area (Å²) >= 11 is 0. The first-order valence-corrected chi connectivity index (χ1v) is 10.6. The molecule has 0 saturated carbocycles. The van der Waals surface area contributed by atoms with Crippen molar-refractivity contribution >= 4 is 22.5 Å². The van der Waals surface area contributed by atoms with Gasteiger partial charge in [-0.25, -0.2) is 15.0 Å². The summed E-state index contributed by atoms with van der Waals surface area (Å²) in [7, 11) is 0. The van der Waals surface area contributed by atoms with E-state index in [1.807, 2.05) is 10.5 Å². The normalized spacial score (nSPS) is 17.5. The number of ether oxygens (including phenoxy) is 2. The van der Waals surface area contributed by atoms with Gasteiger partial charge in [-0.1, -0.05) is 12.1 Å². The molecule has 172 valence electrons. The Labute approximate surface area is 187 Å². The van der Waals surface area contributed by atoms with E-state index in [0.29, 0.717) is 52.8 Å². The lowest BCUT2D eigenvalue weighted by molar-refractivity contribution is -0.137. The lowest BCUT2D eigenvalue weighted by Crippen LogP contribution is -2.17. The maximum atomic E-state index is 13.2. The van der Waals surface area contributed by atoms with Gasteiger partial charge in [0.05, 0.1) is 24.2 Å². The van der Waals surface area contributed by atoms with Gasteiger partial charge in [0.1, 0.15) is 17.7 Å². The van der Waals surface area contributed by atoms with Crippen molar-refractivity contribution < 1.29 is 22.6 Å². The van der Waals surface area contributed by atoms with Crippen LogP contribution in [0.3, 0.4) is 0 Å². The van der Waals surface area contributed by atoms with Crippen LogP contribution in [0.5, 0.6) is 5.75 Å². The number of rotatable bonds is 5. The van der Waals surface area contributed by atoms with Crippen molar-refractivity contribution in [1.82, 2.24) is 19.4 Å². The summed E-state index contributed by atoms with van der Waals surface area (Å²) in [5.41, 5.74) is 1.07. The minimum absolute atomic E-state index is 0.0743. The van der Waals surface area contributed by atoms with E-state index in [4.69, 9.17) is 9.47 Å². The number of aryl methyl sites for hydroxylation is 1. The largest absolute Gasteiger partial charge is 0.484 e. The molecule has 1 N–H and O–H groups in total. The van der Waals surface area contributed by atoms with Gasteiger partial charge in [-0.2, -0.15) is 13.2 Å². The van der Waals surface area contributed by atoms with Gasteiger partial charge in [-0.05, 0) is 37.6 Å². The van der Waals surface area contributed by atoms with E-state index >= 15 is 0 Å². The van der Waals surface area contributed by atoms with Crippen molar-refractivity contribution in [2.24, 2.45) is 0 Å². The van der Waals surface area contributed by atoms with Crippen molar-refractivity contribution in [3.8, 4) is 5.75 Å². The van der Waals surface area contributed by atoms with Crippen LogP contribution in [0.2, 0.25) is 0 Å². The molecule has 0 radical (unpaired) electrons. The van der Waals surface area contributed by atoms with Gasteiger partial charge in [0.2, 0.25) is 0 Å². The van der Waals surface area contributed by atoms with Gasteiger partial charge in [-0.3, -0.25) is 4.40 Å². The fourth-order valence-corrected chi connectivity index (χ4v) is 3.99. The third kappa shape index (κ3) is 4.18. The number of fused-ring (bicyclic) bond motifs is 3. The fraction of sp³-hybridized carbons (Fsp3) is 0.348. The molecule has 1 saturated heterocycles. The van der Waals surface area contributed by atoms with Crippen LogP contribution >= 0.6 is 0 Å². The van der Waals surface area contributed by atoms with Crippen molar-refractivity contribution in [3.63, 3.8) is 0 Å². The Bertz CT molecular complexity index is 1310. The third-order valence-corrected chi connectivity index (χ3v) is 5.65. The average molecular weight is 457 g/mol. The first-order valence-electron chi connectivity index (χ1n) is 10.6. The first kappa shape index (κ1) is 21.4. The molecule has 1 fully saturated rings. The second-order valence-corrected chi connectivity index (χ2v) is 8.08. The summed E-state index contributed by atoms with van der Waals surface area (Å²) in [6.45, 7) is 4.71. The summed E-state index contributed by atoms with van der Waals surface area (Å²) in [6, 6.07) is 6.67. The minimum atomic E-state index is -4.41. The number of alkyl halides is 3. The molecule has 5 rings (SSSR count). The van der Waals surface area contributed by atoms with Gasteiger partial charge in [-0.15, -0.1) is 0 Å². The number of halogens is 3. The van der Waals surface area contributed by atoms with Crippen molar-refractivity contribution in [2.75, 3.05) is 18.5 Å². The van der Waals surface area contributed by atoms with E-state index in [1.54, 1.807) is 32.3 Å². The molecular formula is C23H22F3N5O2. The van der Waals surface area contributed by atoms with Crippen LogP contribution in [0.1, 0.15) is 36.3 Å². The Balaban J connectivity index is 1.56. The number of nitrogens with zero attached hydrogens (tertiary/aromatic N) is 4. The zero-order valence-electron chi connectivity index (χ0n) is 18.1. The molecular weight excluding hydrogens is 435 g/mol. The summed E-state index contributed by atoms with van der Waals surface area (Å²) in [4.78, 5) is 13.5. The molecule has 0 amide bonds. The molecule has 4 aromatic rings. The van der Waals surface area contributed by atoms with Crippen molar-refractivity contribution in [3.05, 3.63) is 59.7 Å². The Morgan fingerprint density at radius 3 is 2.82 bits per heavy atom. The molecule has 0 aliphatic carbocycles. The second kappa shape index (κ2) is 8.18. The monoisotopic (exact) mass is 457 g/mol. The summed E-state index contributed by atoms with van der Waals surface area (Å²) in [6.07, 6.45) is -0.232. The van der Waals surface area contributed by atoms with Crippen LogP contribution < -0.4 is 10.1 Å². The number of anilines is 1. The zero-order valence-corrected chi connectivity index (χ0v) is 18.1. The molecule has 10 heteroatoms. The minimum Gasteiger partial charge on any atom is -0.484 e. The number of pyridine rings is 1. The Morgan fingerprint density at radius 1 is 1.21 bits per heavy atom. The number of hydrogen-bond acceptors (Lipinski definition) is 6. The lowest BCUT2D eigenvalue weighted by atomic mass is 10.0. The summed E-state index contributed by atoms with van der Waals surface area (Å²) < 4.78 is 52.9. The highest BCUT2D eigenvalue weighted by Gasteiger charge is 2.31. The SMILES string of the molecule is Cc1nc(N[C@H](C)c2cccc(C(F)(F)F)c2)c2cc(O[C@H]3CCOC3)c3nccn3c2n1. The molecule has 3 aromatic heterocycles. The summed E-state index contributed by atoms with van der Waals surface area (Å²) in [5.74, 6) is 1.60. The Hall–Kier alpha value is -3.40. The summed E-state index contributed by atoms with van der Waals surface area (Å²) in [5, 5.41) is 3.95. The van der Waals surface area contributed by atoms with Crippen molar-refractivity contribution in [2.45, 2.75) is 38.6 Å². The van der Waals surface area contributed by atoms with Crippen LogP contribution in [-0.4, -0.2) is 38.7 Å². The first-order chi connectivity index (χ1) is 15.8. The molecule has 1 aliphatic rings. The quantitative estimate of drug-likeness (QED) is 0.457. The van der Waals surface area contributed by atoms with E-state index in [0.717, 1.165) is 18.6 Å². The number of aromatic nitrogens is 4. The third-order valence-electron chi connectivity index (χ3n) is 5.65. The van der Waals surface area contributed by atoms with Crippen LogP contribution in [-0.2, 0) is 10.9 Å². The van der Waals surface area contributed by atoms with Crippen molar-refractivity contribution in [1.29, 1.82) is 0 Å². The highest BCUT2D eigenvalue weighted by molar-refractivity contribution is 5.91. The number of benzene rings is 1. The average Bonchev–Trinajstić information content (AvgIpc) is 3.46. The number of imidazole rings is 1. The standard InChI is InChI=1S/C23H22F3N5O2/c1-13(15-4-3-5-16(10-15)23(24,25)26)28-20-18-11-19(33-17-6-9-32-12-17)22-27-7-8-31(22)21(18)30-14(2)29-20/h3-5,7-8,10-11,13,17H,6,9,12H2,1-2H3,(H,28,29,30)/t13-,17+/m1/s1. The van der Waals surface area contributed by atoms with Gasteiger partial charge in [0.25, 0.3) is 0 Å². The number of hydrogen-bond donors (Lipinski definition) is 1. The van der Waals surface area contributed by atoms with Gasteiger partial charge in [0, 0.05) is 24.9 Å². The predicted molar refractivity (Wildman–Crippen MR) is 116 cm³/mol. The molecule has 0 bridgehead atoms. The van der Waals surface area contributed by atoms with E-state index in [2.05, 4.69) is 20.3 Å². The molecule has 2 atom stereocenters. The van der Waals surface area contributed by atoms with E-state index in [1.165, 1.54) is 6.07 Å². The van der Waals surface area contributed by atoms with Crippen LogP contribution in [0.4, 0.5) is 19.0 Å². The number of nitrogens with one attached hydrogen (secondary N) is 1. The molecule has 7 nitrogen and oxygen atoms in total. The second-order valence-electron chi connectivity index (χ2n) is 8.08. The molecule has 1 aliphatic heterocycles. The maximum absolute atomic E-state index is 13.2. The maximum Gasteiger partial charge on any atom is 0.416 e. The molecule has 0 unspecified atom stereocenters. The van der Waals surface area contributed by atoms with Crippen LogP contribution in [0, 0.1) is 6.92 Å². The topological polar surface area (TPSA) is 73.6 Å². The fourth-order valence-electron chi connectivity index (χ4n) is 3.99. The van der Waals surface area contributed by atoms with Crippen LogP contribution in [0.15, 0.2) is 42.7 Å².